The van der Waals surface area contributed by atoms with Crippen molar-refractivity contribution in [3.63, 3.8) is 0 Å². The Morgan fingerprint density at radius 3 is 1.42 bits per heavy atom. The van der Waals surface area contributed by atoms with E-state index in [9.17, 15) is 19.8 Å². The number of benzene rings is 2. The van der Waals surface area contributed by atoms with Gasteiger partial charge in [0, 0.05) is 53.6 Å². The number of nitrogens with zero attached hydrogens (tertiary/aromatic N) is 2. The van der Waals surface area contributed by atoms with Crippen LogP contribution in [0.2, 0.25) is 0 Å². The maximum Gasteiger partial charge on any atom is 0.209 e. The summed E-state index contributed by atoms with van der Waals surface area (Å²) in [7, 11) is 0. The number of aliphatic hydroxyl groups is 2. The zero-order valence-corrected chi connectivity index (χ0v) is 31.5. The van der Waals surface area contributed by atoms with Gasteiger partial charge in [0.05, 0.1) is 33.1 Å². The van der Waals surface area contributed by atoms with Crippen molar-refractivity contribution in [2.75, 3.05) is 13.1 Å². The molecule has 6 nitrogen and oxygen atoms in total. The Balaban J connectivity index is 1.00. The molecule has 52 heavy (non-hydrogen) atoms. The van der Waals surface area contributed by atoms with E-state index in [0.29, 0.717) is 22.3 Å². The molecule has 2 fully saturated rings. The first-order chi connectivity index (χ1) is 25.1. The lowest BCUT2D eigenvalue weighted by Gasteiger charge is -2.33. The van der Waals surface area contributed by atoms with E-state index < -0.39 is 0 Å². The molecule has 8 heteroatoms. The highest BCUT2D eigenvalue weighted by Gasteiger charge is 2.56. The summed E-state index contributed by atoms with van der Waals surface area (Å²) in [5, 5.41) is 23.1. The first-order valence-electron chi connectivity index (χ1n) is 18.6. The minimum absolute atomic E-state index is 0.0934. The van der Waals surface area contributed by atoms with Crippen molar-refractivity contribution >= 4 is 77.6 Å². The van der Waals surface area contributed by atoms with Gasteiger partial charge in [0.15, 0.2) is 11.4 Å². The molecule has 4 aliphatic carbocycles. The molecule has 10 rings (SSSR count). The number of carbonyl (C=O) groups is 2. The monoisotopic (exact) mass is 724 g/mol. The van der Waals surface area contributed by atoms with Crippen molar-refractivity contribution in [1.82, 2.24) is 0 Å². The van der Waals surface area contributed by atoms with E-state index in [-0.39, 0.29) is 33.9 Å². The number of fused-ring (bicyclic) bond motifs is 7. The van der Waals surface area contributed by atoms with Gasteiger partial charge in [0.1, 0.15) is 24.6 Å². The molecular formula is C44H40N2O4S2+2. The van der Waals surface area contributed by atoms with Crippen LogP contribution >= 0.6 is 22.7 Å². The quantitative estimate of drug-likeness (QED) is 0.162. The largest absolute Gasteiger partial charge is 0.506 e. The fraction of sp³-hybridized carbons (Fsp3) is 0.318. The molecule has 2 aliphatic heterocycles. The highest BCUT2D eigenvalue weighted by atomic mass is 32.1. The summed E-state index contributed by atoms with van der Waals surface area (Å²) < 4.78 is 6.54. The minimum atomic E-state index is -0.187. The maximum atomic E-state index is 14.0. The molecule has 6 aliphatic rings. The van der Waals surface area contributed by atoms with E-state index in [2.05, 4.69) is 85.4 Å². The second-order valence-electron chi connectivity index (χ2n) is 15.4. The number of hydrogen-bond donors (Lipinski definition) is 2. The minimum Gasteiger partial charge on any atom is -0.506 e. The van der Waals surface area contributed by atoms with Gasteiger partial charge in [0.25, 0.3) is 0 Å². The maximum absolute atomic E-state index is 14.0. The van der Waals surface area contributed by atoms with Crippen LogP contribution in [0.15, 0.2) is 94.5 Å². The molecule has 2 aromatic carbocycles. The molecule has 0 spiro atoms. The third-order valence-electron chi connectivity index (χ3n) is 12.7. The van der Waals surface area contributed by atoms with Gasteiger partial charge in [-0.1, -0.05) is 36.4 Å². The average molecular weight is 725 g/mol. The molecule has 2 atom stereocenters. The van der Waals surface area contributed by atoms with E-state index in [1.807, 2.05) is 12.1 Å². The molecule has 2 aromatic heterocycles. The van der Waals surface area contributed by atoms with Crippen LogP contribution in [-0.2, 0) is 20.4 Å². The molecule has 4 aromatic rings. The van der Waals surface area contributed by atoms with E-state index in [0.717, 1.165) is 93.3 Å². The Morgan fingerprint density at radius 2 is 1.04 bits per heavy atom. The fourth-order valence-corrected chi connectivity index (χ4v) is 12.9. The second-order valence-corrected chi connectivity index (χ2v) is 17.5. The Labute approximate surface area is 310 Å². The summed E-state index contributed by atoms with van der Waals surface area (Å²) in [5.74, 6) is -0.00150. The molecule has 2 N–H and O–H groups in total. The highest BCUT2D eigenvalue weighted by molar-refractivity contribution is 7.29. The first-order valence-corrected chi connectivity index (χ1v) is 20.2. The summed E-state index contributed by atoms with van der Waals surface area (Å²) >= 11 is 2.91. The van der Waals surface area contributed by atoms with Crippen LogP contribution < -0.4 is 0 Å². The van der Waals surface area contributed by atoms with Crippen LogP contribution in [0.4, 0.5) is 11.4 Å². The molecule has 2 saturated carbocycles. The molecule has 0 bridgehead atoms. The summed E-state index contributed by atoms with van der Waals surface area (Å²) in [6, 6.07) is 21.0. The average Bonchev–Trinajstić information content (AvgIpc) is 3.84. The predicted octanol–water partition coefficient (Wildman–Crippen LogP) is 9.78. The SMILES string of the molecule is CC[N+]1=C2C(=C3C(=O)C(c4cc5sc(C6=C(O)C(=C7CCCC8(C)C7=[N+](CC)c7ccccc78)C6=O)cc5s4)=C3O)CCCC2(C)c2ccccc21. The molecule has 0 saturated heterocycles. The number of thiophene rings is 2. The summed E-state index contributed by atoms with van der Waals surface area (Å²) in [5.41, 5.74) is 10.6. The lowest BCUT2D eigenvalue weighted by Crippen LogP contribution is -2.40. The van der Waals surface area contributed by atoms with Crippen LogP contribution in [0.3, 0.4) is 0 Å². The number of carbonyl (C=O) groups excluding carboxylic acids is 2. The van der Waals surface area contributed by atoms with E-state index in [1.165, 1.54) is 45.2 Å². The van der Waals surface area contributed by atoms with Gasteiger partial charge in [-0.3, -0.25) is 9.59 Å². The second kappa shape index (κ2) is 10.9. The van der Waals surface area contributed by atoms with Crippen LogP contribution in [-0.4, -0.2) is 55.4 Å². The van der Waals surface area contributed by atoms with E-state index >= 15 is 0 Å². The topological polar surface area (TPSA) is 80.6 Å². The van der Waals surface area contributed by atoms with E-state index in [4.69, 9.17) is 0 Å². The van der Waals surface area contributed by atoms with Crippen LogP contribution in [0.25, 0.3) is 20.5 Å². The number of ketones is 2. The number of para-hydroxylation sites is 2. The van der Waals surface area contributed by atoms with E-state index in [1.54, 1.807) is 0 Å². The van der Waals surface area contributed by atoms with Crippen molar-refractivity contribution in [3.05, 3.63) is 115 Å². The summed E-state index contributed by atoms with van der Waals surface area (Å²) in [6.45, 7) is 10.4. The van der Waals surface area contributed by atoms with Crippen molar-refractivity contribution in [1.29, 1.82) is 0 Å². The Morgan fingerprint density at radius 1 is 0.635 bits per heavy atom. The number of aliphatic hydroxyl groups excluding tert-OH is 2. The zero-order chi connectivity index (χ0) is 35.8. The number of Topliss-reactive ketones (excluding diaryl/α,β-unsaturated/α-hetero) is 2. The number of hydrogen-bond acceptors (Lipinski definition) is 6. The zero-order valence-electron chi connectivity index (χ0n) is 29.9. The molecule has 2 unspecified atom stereocenters. The predicted molar refractivity (Wildman–Crippen MR) is 209 cm³/mol. The number of allylic oxidation sites excluding steroid dienone is 6. The van der Waals surface area contributed by atoms with Gasteiger partial charge in [-0.15, -0.1) is 22.7 Å². The summed E-state index contributed by atoms with van der Waals surface area (Å²) in [6.07, 6.45) is 5.48. The Kier molecular flexibility index (Phi) is 6.73. The fourth-order valence-electron chi connectivity index (χ4n) is 10.5. The normalized spacial score (nSPS) is 28.1. The van der Waals surface area contributed by atoms with Gasteiger partial charge >= 0.3 is 0 Å². The first kappa shape index (κ1) is 32.0. The molecule has 4 heterocycles. The third kappa shape index (κ3) is 3.89. The standard InChI is InChI=1S/C44H38N2O4S2/c1-5-45-27-17-9-7-15-25(27)43(3)19-11-13-23(41(43)45)33-37(47)35(38(33)48)31-21-29-30(51-31)22-32(52-29)36-39(49)34(40(36)50)24-14-12-20-44(4)26-16-8-10-18-28(26)46(6-2)42(24)44/h7-10,15-18,21-22H,5-6,11-14,19-20H2,1-4H3/p+2. The smallest absolute Gasteiger partial charge is 0.209 e. The third-order valence-corrected chi connectivity index (χ3v) is 15.1. The van der Waals surface area contributed by atoms with Gasteiger partial charge in [-0.25, -0.2) is 0 Å². The van der Waals surface area contributed by atoms with Gasteiger partial charge in [-0.2, -0.15) is 9.15 Å². The Hall–Kier alpha value is -4.66. The summed E-state index contributed by atoms with van der Waals surface area (Å²) in [4.78, 5) is 29.4. The van der Waals surface area contributed by atoms with Crippen molar-refractivity contribution in [2.24, 2.45) is 0 Å². The van der Waals surface area contributed by atoms with Crippen LogP contribution in [0.1, 0.15) is 87.1 Å². The number of rotatable bonds is 4. The van der Waals surface area contributed by atoms with Crippen LogP contribution in [0.5, 0.6) is 0 Å². The van der Waals surface area contributed by atoms with Crippen molar-refractivity contribution in [3.8, 4) is 0 Å². The van der Waals surface area contributed by atoms with Gasteiger partial charge < -0.3 is 10.2 Å². The van der Waals surface area contributed by atoms with Crippen LogP contribution in [0, 0.1) is 0 Å². The van der Waals surface area contributed by atoms with Crippen molar-refractivity contribution in [2.45, 2.75) is 77.0 Å². The van der Waals surface area contributed by atoms with Crippen molar-refractivity contribution < 1.29 is 29.0 Å². The Bertz CT molecular complexity index is 2380. The van der Waals surface area contributed by atoms with Gasteiger partial charge in [0.2, 0.25) is 22.9 Å². The molecule has 0 radical (unpaired) electrons. The lowest BCUT2D eigenvalue weighted by atomic mass is 9.66. The lowest BCUT2D eigenvalue weighted by molar-refractivity contribution is -0.434. The van der Waals surface area contributed by atoms with Gasteiger partial charge in [-0.05, 0) is 78.4 Å². The molecule has 260 valence electrons. The molecular weight excluding hydrogens is 685 g/mol. The molecule has 0 amide bonds. The highest BCUT2D eigenvalue weighted by Crippen LogP contribution is 2.54.